The number of hydrogen-bond acceptors (Lipinski definition) is 5. The Balaban J connectivity index is 1.38. The van der Waals surface area contributed by atoms with Gasteiger partial charge in [-0.3, -0.25) is 0 Å². The second-order valence-corrected chi connectivity index (χ2v) is 9.04. The molecule has 202 valence electrons. The molecule has 1 aliphatic rings. The number of nitrogens with zero attached hydrogens (tertiary/aromatic N) is 5. The van der Waals surface area contributed by atoms with Crippen LogP contribution in [0.4, 0.5) is 33.3 Å². The van der Waals surface area contributed by atoms with Crippen LogP contribution in [0, 0.1) is 11.6 Å². The summed E-state index contributed by atoms with van der Waals surface area (Å²) in [6.07, 6.45) is -1.33. The van der Waals surface area contributed by atoms with E-state index in [4.69, 9.17) is 5.73 Å². The number of benzene rings is 3. The average molecular weight is 561 g/mol. The molecule has 0 radical (unpaired) electrons. The number of anilines is 1. The fourth-order valence-corrected chi connectivity index (χ4v) is 4.35. The molecular formula is C26H21F5N6OS. The standard InChI is InChI=1S/C26H21F5N6OS/c27-21-3-1-4-22(28)23(21)37-13-2-14-39-25(37)36-35-15-17-5-7-18(8-6-17)24(32)34-16-33-19-9-11-20(12-10-19)38-26(29,30)31/h1,3-12,15-16H,2,13-14H2,(H2,32,33,34)/b35-15-,36-25+. The van der Waals surface area contributed by atoms with E-state index in [1.807, 2.05) is 0 Å². The molecule has 0 saturated carbocycles. The van der Waals surface area contributed by atoms with E-state index in [0.717, 1.165) is 24.3 Å². The monoisotopic (exact) mass is 560 g/mol. The van der Waals surface area contributed by atoms with Crippen LogP contribution in [0.1, 0.15) is 17.5 Å². The molecule has 3 aromatic carbocycles. The van der Waals surface area contributed by atoms with Gasteiger partial charge in [-0.15, -0.1) is 18.3 Å². The highest BCUT2D eigenvalue weighted by Gasteiger charge is 2.31. The summed E-state index contributed by atoms with van der Waals surface area (Å²) < 4.78 is 69.1. The van der Waals surface area contributed by atoms with E-state index in [-0.39, 0.29) is 17.3 Å². The maximum atomic E-state index is 14.3. The Morgan fingerprint density at radius 3 is 2.33 bits per heavy atom. The van der Waals surface area contributed by atoms with E-state index in [1.54, 1.807) is 24.3 Å². The Kier molecular flexibility index (Phi) is 8.92. The molecule has 0 aliphatic carbocycles. The van der Waals surface area contributed by atoms with Gasteiger partial charge < -0.3 is 15.4 Å². The van der Waals surface area contributed by atoms with E-state index < -0.39 is 18.0 Å². The quantitative estimate of drug-likeness (QED) is 0.160. The molecule has 1 fully saturated rings. The first kappa shape index (κ1) is 27.8. The maximum absolute atomic E-state index is 14.3. The van der Waals surface area contributed by atoms with E-state index in [0.29, 0.717) is 28.5 Å². The van der Waals surface area contributed by atoms with Crippen LogP contribution < -0.4 is 15.4 Å². The summed E-state index contributed by atoms with van der Waals surface area (Å²) in [7, 11) is 0. The number of alkyl halides is 3. The number of para-hydroxylation sites is 1. The smallest absolute Gasteiger partial charge is 0.406 e. The summed E-state index contributed by atoms with van der Waals surface area (Å²) >= 11 is 1.37. The average Bonchev–Trinajstić information content (AvgIpc) is 2.90. The molecule has 7 nitrogen and oxygen atoms in total. The van der Waals surface area contributed by atoms with Crippen LogP contribution in [0.5, 0.6) is 5.75 Å². The van der Waals surface area contributed by atoms with Gasteiger partial charge in [-0.05, 0) is 48.4 Å². The molecule has 0 spiro atoms. The first-order valence-electron chi connectivity index (χ1n) is 11.5. The summed E-state index contributed by atoms with van der Waals surface area (Å²) in [5.74, 6) is -0.756. The van der Waals surface area contributed by atoms with Gasteiger partial charge in [0, 0.05) is 17.9 Å². The lowest BCUT2D eigenvalue weighted by molar-refractivity contribution is -0.274. The second kappa shape index (κ2) is 12.5. The van der Waals surface area contributed by atoms with Crippen molar-refractivity contribution in [2.75, 3.05) is 17.2 Å². The van der Waals surface area contributed by atoms with Gasteiger partial charge in [0.25, 0.3) is 0 Å². The highest BCUT2D eigenvalue weighted by molar-refractivity contribution is 8.14. The molecule has 1 saturated heterocycles. The van der Waals surface area contributed by atoms with Crippen LogP contribution >= 0.6 is 11.8 Å². The summed E-state index contributed by atoms with van der Waals surface area (Å²) in [5, 5.41) is 8.67. The van der Waals surface area contributed by atoms with Crippen molar-refractivity contribution in [3.05, 3.63) is 89.5 Å². The minimum absolute atomic E-state index is 0.145. The van der Waals surface area contributed by atoms with Crippen molar-refractivity contribution in [1.82, 2.24) is 0 Å². The molecule has 3 aromatic rings. The number of halogens is 5. The predicted octanol–water partition coefficient (Wildman–Crippen LogP) is 6.26. The highest BCUT2D eigenvalue weighted by atomic mass is 32.2. The zero-order valence-corrected chi connectivity index (χ0v) is 21.0. The maximum Gasteiger partial charge on any atom is 0.573 e. The number of aliphatic imine (C=N–C) groups is 2. The van der Waals surface area contributed by atoms with Crippen LogP contribution in [0.2, 0.25) is 0 Å². The van der Waals surface area contributed by atoms with Crippen LogP contribution in [0.15, 0.2) is 86.9 Å². The van der Waals surface area contributed by atoms with Crippen LogP contribution in [-0.4, -0.2) is 42.2 Å². The minimum Gasteiger partial charge on any atom is -0.406 e. The van der Waals surface area contributed by atoms with Gasteiger partial charge in [-0.2, -0.15) is 5.10 Å². The number of nitrogens with two attached hydrogens (primary N) is 1. The van der Waals surface area contributed by atoms with E-state index in [2.05, 4.69) is 24.9 Å². The third-order valence-electron chi connectivity index (χ3n) is 5.23. The van der Waals surface area contributed by atoms with Crippen molar-refractivity contribution < 1.29 is 26.7 Å². The number of hydrogen-bond donors (Lipinski definition) is 1. The van der Waals surface area contributed by atoms with Crippen LogP contribution in [-0.2, 0) is 0 Å². The topological polar surface area (TPSA) is 87.9 Å². The summed E-state index contributed by atoms with van der Waals surface area (Å²) in [6, 6.07) is 15.6. The van der Waals surface area contributed by atoms with Crippen LogP contribution in [0.3, 0.4) is 0 Å². The lowest BCUT2D eigenvalue weighted by Gasteiger charge is -2.29. The van der Waals surface area contributed by atoms with Crippen molar-refractivity contribution in [3.8, 4) is 5.75 Å². The highest BCUT2D eigenvalue weighted by Crippen LogP contribution is 2.30. The summed E-state index contributed by atoms with van der Waals surface area (Å²) in [5.41, 5.74) is 7.51. The van der Waals surface area contributed by atoms with Gasteiger partial charge in [0.15, 0.2) is 5.17 Å². The zero-order chi connectivity index (χ0) is 27.8. The second-order valence-electron chi connectivity index (χ2n) is 7.97. The minimum atomic E-state index is -4.77. The Bertz CT molecular complexity index is 1390. The van der Waals surface area contributed by atoms with Crippen molar-refractivity contribution in [3.63, 3.8) is 0 Å². The van der Waals surface area contributed by atoms with Crippen molar-refractivity contribution in [1.29, 1.82) is 0 Å². The molecule has 1 aliphatic heterocycles. The van der Waals surface area contributed by atoms with Gasteiger partial charge in [0.2, 0.25) is 0 Å². The van der Waals surface area contributed by atoms with E-state index in [9.17, 15) is 22.0 Å². The van der Waals surface area contributed by atoms with Crippen molar-refractivity contribution in [2.45, 2.75) is 12.8 Å². The molecule has 0 atom stereocenters. The molecule has 0 unspecified atom stereocenters. The number of rotatable bonds is 7. The van der Waals surface area contributed by atoms with Gasteiger partial charge in [-0.25, -0.2) is 18.8 Å². The van der Waals surface area contributed by atoms with Crippen LogP contribution in [0.25, 0.3) is 0 Å². The lowest BCUT2D eigenvalue weighted by Crippen LogP contribution is -2.35. The Morgan fingerprint density at radius 1 is 0.974 bits per heavy atom. The molecule has 13 heteroatoms. The molecule has 4 rings (SSSR count). The predicted molar refractivity (Wildman–Crippen MR) is 144 cm³/mol. The first-order chi connectivity index (χ1) is 18.7. The van der Waals surface area contributed by atoms with Crippen molar-refractivity contribution >= 4 is 46.7 Å². The first-order valence-corrected chi connectivity index (χ1v) is 12.5. The zero-order valence-electron chi connectivity index (χ0n) is 20.1. The van der Waals surface area contributed by atoms with Gasteiger partial charge in [0.05, 0.1) is 11.9 Å². The molecular weight excluding hydrogens is 539 g/mol. The Morgan fingerprint density at radius 2 is 1.67 bits per heavy atom. The molecule has 0 aromatic heterocycles. The number of amidine groups is 2. The number of thioether (sulfide) groups is 1. The Labute approximate surface area is 224 Å². The normalized spacial score (nSPS) is 16.0. The fraction of sp³-hybridized carbons (Fsp3) is 0.154. The number of ether oxygens (including phenoxy) is 1. The van der Waals surface area contributed by atoms with Gasteiger partial charge >= 0.3 is 6.36 Å². The third kappa shape index (κ3) is 7.87. The molecule has 39 heavy (non-hydrogen) atoms. The van der Waals surface area contributed by atoms with Gasteiger partial charge in [0.1, 0.15) is 35.2 Å². The van der Waals surface area contributed by atoms with E-state index >= 15 is 0 Å². The van der Waals surface area contributed by atoms with E-state index in [1.165, 1.54) is 59.5 Å². The van der Waals surface area contributed by atoms with Gasteiger partial charge in [-0.1, -0.05) is 42.1 Å². The Hall–Kier alpha value is -4.26. The summed E-state index contributed by atoms with van der Waals surface area (Å²) in [4.78, 5) is 9.56. The molecule has 0 amide bonds. The molecule has 0 bridgehead atoms. The van der Waals surface area contributed by atoms with Crippen molar-refractivity contribution in [2.24, 2.45) is 25.9 Å². The fourth-order valence-electron chi connectivity index (χ4n) is 3.45. The third-order valence-corrected chi connectivity index (χ3v) is 6.28. The molecule has 1 heterocycles. The lowest BCUT2D eigenvalue weighted by atomic mass is 10.1. The summed E-state index contributed by atoms with van der Waals surface area (Å²) in [6.45, 7) is 0.424. The largest absolute Gasteiger partial charge is 0.573 e. The molecule has 2 N–H and O–H groups in total. The SMILES string of the molecule is NC(=NC=Nc1ccc(OC(F)(F)F)cc1)c1ccc(/C=N\N=C2\SCCCN2c2c(F)cccc2F)cc1.